The Kier molecular flexibility index (Phi) is 3.88. The summed E-state index contributed by atoms with van der Waals surface area (Å²) in [5.41, 5.74) is -1.49. The minimum atomic E-state index is -1.49. The molecule has 17 heavy (non-hydrogen) atoms. The highest BCUT2D eigenvalue weighted by atomic mass is 16.6. The molecule has 1 aromatic rings. The molecule has 0 amide bonds. The van der Waals surface area contributed by atoms with Gasteiger partial charge in [0, 0.05) is 6.92 Å². The van der Waals surface area contributed by atoms with E-state index in [0.717, 1.165) is 0 Å². The van der Waals surface area contributed by atoms with E-state index in [1.807, 2.05) is 0 Å². The number of methoxy groups -OCH3 is 1. The van der Waals surface area contributed by atoms with Crippen molar-refractivity contribution in [3.8, 4) is 0 Å². The smallest absolute Gasteiger partial charge is 0.366 e. The Morgan fingerprint density at radius 2 is 2.06 bits per heavy atom. The predicted octanol–water partition coefficient (Wildman–Crippen LogP) is -0.236. The van der Waals surface area contributed by atoms with Gasteiger partial charge in [0.1, 0.15) is 12.4 Å². The molecular weight excluding hydrogens is 224 g/mol. The third-order valence-corrected chi connectivity index (χ3v) is 2.54. The number of esters is 2. The summed E-state index contributed by atoms with van der Waals surface area (Å²) in [6.07, 6.45) is 4.96. The minimum absolute atomic E-state index is 0.207. The third kappa shape index (κ3) is 2.30. The van der Waals surface area contributed by atoms with E-state index in [2.05, 4.69) is 4.74 Å². The lowest BCUT2D eigenvalue weighted by atomic mass is 10.0. The van der Waals surface area contributed by atoms with Gasteiger partial charge in [-0.3, -0.25) is 0 Å². The second-order valence-corrected chi connectivity index (χ2v) is 3.77. The minimum Gasteiger partial charge on any atom is -0.465 e. The van der Waals surface area contributed by atoms with Crippen LogP contribution in [0.2, 0.25) is 0 Å². The maximum atomic E-state index is 11.9. The van der Waals surface area contributed by atoms with Crippen molar-refractivity contribution >= 4 is 11.9 Å². The molecule has 94 valence electrons. The van der Waals surface area contributed by atoms with Crippen molar-refractivity contribution in [1.82, 2.24) is 4.57 Å². The number of ether oxygens (including phenoxy) is 2. The Bertz CT molecular complexity index is 427. The molecule has 0 N–H and O–H groups in total. The lowest BCUT2D eigenvalue weighted by Crippen LogP contribution is -2.48. The van der Waals surface area contributed by atoms with Crippen molar-refractivity contribution in [2.24, 2.45) is 7.05 Å². The zero-order chi connectivity index (χ0) is 13.1. The zero-order valence-corrected chi connectivity index (χ0v) is 10.5. The van der Waals surface area contributed by atoms with Crippen LogP contribution < -0.4 is 4.57 Å². The van der Waals surface area contributed by atoms with Crippen molar-refractivity contribution in [1.29, 1.82) is 0 Å². The van der Waals surface area contributed by atoms with Gasteiger partial charge >= 0.3 is 17.5 Å². The van der Waals surface area contributed by atoms with Gasteiger partial charge in [-0.1, -0.05) is 0 Å². The van der Waals surface area contributed by atoms with Gasteiger partial charge in [0.2, 0.25) is 6.33 Å². The molecular formula is C11H17N2O4+. The standard InChI is InChI=1S/C11H17N2O4/c1-5-17-10(15)11(2,9(14)16-4)13-7-6-12(3)8-13/h6-8H,5H2,1-4H3/q+1/t11-/m1/s1. The van der Waals surface area contributed by atoms with Crippen molar-refractivity contribution in [3.63, 3.8) is 0 Å². The topological polar surface area (TPSA) is 61.4 Å². The Hall–Kier alpha value is -1.85. The SMILES string of the molecule is CCOC(=O)[C@@](C)(C(=O)OC)n1cc[n+](C)c1. The van der Waals surface area contributed by atoms with E-state index >= 15 is 0 Å². The van der Waals surface area contributed by atoms with Gasteiger partial charge in [-0.15, -0.1) is 0 Å². The van der Waals surface area contributed by atoms with Gasteiger partial charge < -0.3 is 9.47 Å². The summed E-state index contributed by atoms with van der Waals surface area (Å²) >= 11 is 0. The number of nitrogens with zero attached hydrogens (tertiary/aromatic N) is 2. The second kappa shape index (κ2) is 4.99. The summed E-state index contributed by atoms with van der Waals surface area (Å²) in [6.45, 7) is 3.36. The Morgan fingerprint density at radius 3 is 2.47 bits per heavy atom. The molecule has 1 aromatic heterocycles. The van der Waals surface area contributed by atoms with E-state index in [0.29, 0.717) is 0 Å². The fourth-order valence-electron chi connectivity index (χ4n) is 1.48. The van der Waals surface area contributed by atoms with Crippen LogP contribution in [0.4, 0.5) is 0 Å². The van der Waals surface area contributed by atoms with Crippen LogP contribution in [0.3, 0.4) is 0 Å². The monoisotopic (exact) mass is 241 g/mol. The lowest BCUT2D eigenvalue weighted by Gasteiger charge is -2.20. The quantitative estimate of drug-likeness (QED) is 0.415. The van der Waals surface area contributed by atoms with Crippen LogP contribution in [0.15, 0.2) is 18.7 Å². The van der Waals surface area contributed by atoms with Crippen LogP contribution >= 0.6 is 0 Å². The molecule has 0 saturated heterocycles. The highest BCUT2D eigenvalue weighted by Crippen LogP contribution is 2.19. The van der Waals surface area contributed by atoms with Crippen LogP contribution in [0, 0.1) is 0 Å². The maximum absolute atomic E-state index is 11.9. The molecule has 1 atom stereocenters. The normalized spacial score (nSPS) is 13.9. The van der Waals surface area contributed by atoms with E-state index in [9.17, 15) is 9.59 Å². The Balaban J connectivity index is 3.19. The van der Waals surface area contributed by atoms with Crippen molar-refractivity contribution in [2.75, 3.05) is 13.7 Å². The van der Waals surface area contributed by atoms with Gasteiger partial charge in [-0.05, 0) is 6.92 Å². The highest BCUT2D eigenvalue weighted by Gasteiger charge is 2.50. The van der Waals surface area contributed by atoms with E-state index in [4.69, 9.17) is 4.74 Å². The van der Waals surface area contributed by atoms with Crippen LogP contribution in [-0.4, -0.2) is 30.2 Å². The zero-order valence-electron chi connectivity index (χ0n) is 10.5. The summed E-state index contributed by atoms with van der Waals surface area (Å²) in [7, 11) is 3.03. The van der Waals surface area contributed by atoms with Crippen molar-refractivity contribution in [2.45, 2.75) is 19.4 Å². The summed E-state index contributed by atoms with van der Waals surface area (Å²) < 4.78 is 12.8. The van der Waals surface area contributed by atoms with E-state index in [1.54, 1.807) is 37.3 Å². The van der Waals surface area contributed by atoms with Crippen molar-refractivity contribution < 1.29 is 23.6 Å². The summed E-state index contributed by atoms with van der Waals surface area (Å²) in [6, 6.07) is 0. The first-order chi connectivity index (χ1) is 7.96. The van der Waals surface area contributed by atoms with Gasteiger partial charge in [-0.2, -0.15) is 0 Å². The molecule has 0 aliphatic rings. The Labute approximate surface area is 99.7 Å². The molecule has 0 radical (unpaired) electrons. The molecule has 1 heterocycles. The molecule has 0 bridgehead atoms. The number of aryl methyl sites for hydroxylation is 1. The molecule has 1 rings (SSSR count). The van der Waals surface area contributed by atoms with Crippen LogP contribution in [-0.2, 0) is 31.6 Å². The summed E-state index contributed by atoms with van der Waals surface area (Å²) in [5, 5.41) is 0. The molecule has 0 saturated carbocycles. The molecule has 0 aliphatic carbocycles. The summed E-state index contributed by atoms with van der Waals surface area (Å²) in [4.78, 5) is 23.7. The van der Waals surface area contributed by atoms with E-state index < -0.39 is 17.5 Å². The molecule has 6 nitrogen and oxygen atoms in total. The Morgan fingerprint density at radius 1 is 1.41 bits per heavy atom. The molecule has 0 fully saturated rings. The average Bonchev–Trinajstić information content (AvgIpc) is 2.74. The number of aromatic nitrogens is 2. The number of hydrogen-bond acceptors (Lipinski definition) is 4. The molecule has 6 heteroatoms. The molecule has 0 aromatic carbocycles. The van der Waals surface area contributed by atoms with E-state index in [-0.39, 0.29) is 6.61 Å². The first-order valence-electron chi connectivity index (χ1n) is 5.26. The van der Waals surface area contributed by atoms with E-state index in [1.165, 1.54) is 18.6 Å². The molecule has 0 spiro atoms. The number of rotatable bonds is 4. The van der Waals surface area contributed by atoms with Gasteiger partial charge in [0.25, 0.3) is 0 Å². The lowest BCUT2D eigenvalue weighted by molar-refractivity contribution is -0.671. The highest BCUT2D eigenvalue weighted by molar-refractivity contribution is 6.01. The number of imidazole rings is 1. The average molecular weight is 241 g/mol. The fraction of sp³-hybridized carbons (Fsp3) is 0.545. The first kappa shape index (κ1) is 13.2. The third-order valence-electron chi connectivity index (χ3n) is 2.54. The van der Waals surface area contributed by atoms with Crippen LogP contribution in [0.5, 0.6) is 0 Å². The number of carbonyl (C=O) groups is 2. The molecule has 0 unspecified atom stereocenters. The van der Waals surface area contributed by atoms with Crippen LogP contribution in [0.1, 0.15) is 13.8 Å². The maximum Gasteiger partial charge on any atom is 0.366 e. The molecule has 0 aliphatic heterocycles. The van der Waals surface area contributed by atoms with Gasteiger partial charge in [0.15, 0.2) is 0 Å². The van der Waals surface area contributed by atoms with Crippen LogP contribution in [0.25, 0.3) is 0 Å². The van der Waals surface area contributed by atoms with Gasteiger partial charge in [-0.25, -0.2) is 18.7 Å². The number of carbonyl (C=O) groups excluding carboxylic acids is 2. The largest absolute Gasteiger partial charge is 0.465 e. The van der Waals surface area contributed by atoms with Crippen molar-refractivity contribution in [3.05, 3.63) is 18.7 Å². The summed E-state index contributed by atoms with van der Waals surface area (Å²) in [5.74, 6) is -1.30. The van der Waals surface area contributed by atoms with Gasteiger partial charge in [0.05, 0.1) is 20.8 Å². The predicted molar refractivity (Wildman–Crippen MR) is 57.9 cm³/mol. The fourth-order valence-corrected chi connectivity index (χ4v) is 1.48. The number of hydrogen-bond donors (Lipinski definition) is 0. The first-order valence-corrected chi connectivity index (χ1v) is 5.26. The second-order valence-electron chi connectivity index (χ2n) is 3.77.